The van der Waals surface area contributed by atoms with Crippen LogP contribution in [0.4, 0.5) is 23.0 Å². The predicted molar refractivity (Wildman–Crippen MR) is 140 cm³/mol. The van der Waals surface area contributed by atoms with Gasteiger partial charge >= 0.3 is 0 Å². The Bertz CT molecular complexity index is 1420. The maximum atomic E-state index is 11.9. The fourth-order valence-corrected chi connectivity index (χ4v) is 4.84. The molecule has 1 aliphatic heterocycles. The van der Waals surface area contributed by atoms with Crippen LogP contribution in [0.2, 0.25) is 5.02 Å². The van der Waals surface area contributed by atoms with Gasteiger partial charge in [-0.1, -0.05) is 29.8 Å². The molecular weight excluding hydrogens is 466 g/mol. The Kier molecular flexibility index (Phi) is 6.04. The molecule has 3 heterocycles. The molecule has 4 aromatic rings. The van der Waals surface area contributed by atoms with Crippen LogP contribution in [0, 0.1) is 17.0 Å². The number of para-hydroxylation sites is 1. The quantitative estimate of drug-likeness (QED) is 0.275. The predicted octanol–water partition coefficient (Wildman–Crippen LogP) is 5.38. The minimum Gasteiger partial charge on any atom is -0.364 e. The fraction of sp³-hybridized carbons (Fsp3) is 0.280. The summed E-state index contributed by atoms with van der Waals surface area (Å²) in [6.45, 7) is 3.58. The number of aromatic nitrogens is 3. The van der Waals surface area contributed by atoms with E-state index in [1.165, 1.54) is 12.3 Å². The molecule has 0 spiro atoms. The number of aryl methyl sites for hydroxylation is 1. The molecule has 180 valence electrons. The molecule has 2 aromatic carbocycles. The van der Waals surface area contributed by atoms with Crippen molar-refractivity contribution in [1.29, 1.82) is 0 Å². The summed E-state index contributed by atoms with van der Waals surface area (Å²) in [7, 11) is 4.07. The Morgan fingerprint density at radius 3 is 2.86 bits per heavy atom. The van der Waals surface area contributed by atoms with Gasteiger partial charge < -0.3 is 20.1 Å². The maximum absolute atomic E-state index is 11.9. The minimum absolute atomic E-state index is 0.0516. The first-order valence-corrected chi connectivity index (χ1v) is 11.8. The average Bonchev–Trinajstić information content (AvgIpc) is 3.49. The van der Waals surface area contributed by atoms with Crippen LogP contribution in [0.25, 0.3) is 22.2 Å². The molecule has 0 bridgehead atoms. The lowest BCUT2D eigenvalue weighted by atomic mass is 10.1. The van der Waals surface area contributed by atoms with Crippen molar-refractivity contribution in [3.63, 3.8) is 0 Å². The van der Waals surface area contributed by atoms with Crippen LogP contribution < -0.4 is 10.2 Å². The number of rotatable bonds is 6. The highest BCUT2D eigenvalue weighted by Crippen LogP contribution is 2.36. The summed E-state index contributed by atoms with van der Waals surface area (Å²) in [6, 6.07) is 11.6. The number of likely N-dealkylation sites (N-methyl/N-ethyl adjacent to an activating group) is 1. The van der Waals surface area contributed by atoms with Gasteiger partial charge in [0.15, 0.2) is 0 Å². The van der Waals surface area contributed by atoms with Crippen LogP contribution >= 0.6 is 11.6 Å². The molecule has 9 nitrogen and oxygen atoms in total. The SMILES string of the molecule is Cc1cccc2c(-c3nc(Nc4ccc(N5CC[C@H](N(C)C)C5)c([N+](=O)[O-])c4)ncc3Cl)c[nH]c12. The second kappa shape index (κ2) is 9.16. The standard InChI is InChI=1S/C25H26ClN7O2/c1-15-5-4-6-18-19(12-27-23(15)18)24-20(26)13-28-25(30-24)29-16-7-8-21(22(11-16)33(34)35)32-10-9-17(14-32)31(2)3/h4-8,11-13,17,27H,9-10,14H2,1-3H3,(H,28,29,30)/t17-/m0/s1. The number of benzene rings is 2. The lowest BCUT2D eigenvalue weighted by molar-refractivity contribution is -0.384. The van der Waals surface area contributed by atoms with E-state index in [0.717, 1.165) is 41.5 Å². The highest BCUT2D eigenvalue weighted by Gasteiger charge is 2.29. The molecule has 1 saturated heterocycles. The maximum Gasteiger partial charge on any atom is 0.294 e. The van der Waals surface area contributed by atoms with Crippen molar-refractivity contribution in [2.75, 3.05) is 37.4 Å². The van der Waals surface area contributed by atoms with E-state index >= 15 is 0 Å². The third-order valence-corrected chi connectivity index (χ3v) is 6.86. The largest absolute Gasteiger partial charge is 0.364 e. The van der Waals surface area contributed by atoms with Crippen LogP contribution in [-0.2, 0) is 0 Å². The summed E-state index contributed by atoms with van der Waals surface area (Å²) in [6.07, 6.45) is 4.39. The van der Waals surface area contributed by atoms with Gasteiger partial charge in [0.25, 0.3) is 5.69 Å². The fourth-order valence-electron chi connectivity index (χ4n) is 4.64. The molecule has 1 aliphatic rings. The number of aromatic amines is 1. The monoisotopic (exact) mass is 491 g/mol. The molecule has 5 rings (SSSR count). The van der Waals surface area contributed by atoms with Gasteiger partial charge in [0.1, 0.15) is 5.69 Å². The van der Waals surface area contributed by atoms with Gasteiger partial charge in [-0.05, 0) is 45.1 Å². The Labute approximate surface area is 207 Å². The summed E-state index contributed by atoms with van der Waals surface area (Å²) in [5.41, 5.74) is 4.80. The number of anilines is 3. The number of H-pyrrole nitrogens is 1. The molecule has 35 heavy (non-hydrogen) atoms. The van der Waals surface area contributed by atoms with E-state index in [-0.39, 0.29) is 10.6 Å². The number of hydrogen-bond acceptors (Lipinski definition) is 7. The van der Waals surface area contributed by atoms with E-state index in [9.17, 15) is 10.1 Å². The first-order chi connectivity index (χ1) is 16.8. The van der Waals surface area contributed by atoms with Crippen molar-refractivity contribution >= 4 is 45.5 Å². The zero-order valence-electron chi connectivity index (χ0n) is 19.7. The third-order valence-electron chi connectivity index (χ3n) is 6.59. The number of halogens is 1. The first kappa shape index (κ1) is 23.1. The van der Waals surface area contributed by atoms with Gasteiger partial charge in [0, 0.05) is 53.5 Å². The van der Waals surface area contributed by atoms with Crippen molar-refractivity contribution in [3.05, 3.63) is 69.5 Å². The number of nitrogens with one attached hydrogen (secondary N) is 2. The van der Waals surface area contributed by atoms with Gasteiger partial charge in [0.05, 0.1) is 21.8 Å². The van der Waals surface area contributed by atoms with Crippen LogP contribution in [-0.4, -0.2) is 58.0 Å². The van der Waals surface area contributed by atoms with E-state index in [4.69, 9.17) is 11.6 Å². The molecule has 2 aromatic heterocycles. The smallest absolute Gasteiger partial charge is 0.294 e. The number of nitro groups is 1. The molecule has 0 aliphatic carbocycles. The highest BCUT2D eigenvalue weighted by molar-refractivity contribution is 6.33. The van der Waals surface area contributed by atoms with Gasteiger partial charge in [-0.3, -0.25) is 10.1 Å². The normalized spacial score (nSPS) is 15.8. The first-order valence-electron chi connectivity index (χ1n) is 11.4. The summed E-state index contributed by atoms with van der Waals surface area (Å²) < 4.78 is 0. The summed E-state index contributed by atoms with van der Waals surface area (Å²) in [4.78, 5) is 28.0. The molecule has 0 unspecified atom stereocenters. The van der Waals surface area contributed by atoms with Crippen molar-refractivity contribution in [2.45, 2.75) is 19.4 Å². The average molecular weight is 492 g/mol. The van der Waals surface area contributed by atoms with Crippen molar-refractivity contribution in [1.82, 2.24) is 19.9 Å². The van der Waals surface area contributed by atoms with E-state index in [2.05, 4.69) is 30.1 Å². The number of hydrogen-bond donors (Lipinski definition) is 2. The van der Waals surface area contributed by atoms with E-state index in [1.807, 2.05) is 51.5 Å². The summed E-state index contributed by atoms with van der Waals surface area (Å²) >= 11 is 6.46. The molecule has 1 fully saturated rings. The van der Waals surface area contributed by atoms with Gasteiger partial charge in [-0.2, -0.15) is 0 Å². The van der Waals surface area contributed by atoms with Crippen molar-refractivity contribution in [3.8, 4) is 11.3 Å². The third kappa shape index (κ3) is 4.40. The molecule has 1 atom stereocenters. The molecule has 0 radical (unpaired) electrons. The molecule has 0 saturated carbocycles. The second-order valence-electron chi connectivity index (χ2n) is 9.03. The molecule has 2 N–H and O–H groups in total. The molecular formula is C25H26ClN7O2. The Hall–Kier alpha value is -3.69. The lowest BCUT2D eigenvalue weighted by Gasteiger charge is -2.22. The summed E-state index contributed by atoms with van der Waals surface area (Å²) in [5, 5.41) is 16.4. The van der Waals surface area contributed by atoms with Gasteiger partial charge in [0.2, 0.25) is 5.95 Å². The Balaban J connectivity index is 1.45. The van der Waals surface area contributed by atoms with E-state index < -0.39 is 0 Å². The Morgan fingerprint density at radius 1 is 1.29 bits per heavy atom. The number of fused-ring (bicyclic) bond motifs is 1. The lowest BCUT2D eigenvalue weighted by Crippen LogP contribution is -2.31. The second-order valence-corrected chi connectivity index (χ2v) is 9.43. The van der Waals surface area contributed by atoms with Gasteiger partial charge in [-0.25, -0.2) is 9.97 Å². The van der Waals surface area contributed by atoms with E-state index in [1.54, 1.807) is 6.07 Å². The van der Waals surface area contributed by atoms with Crippen molar-refractivity contribution in [2.24, 2.45) is 0 Å². The van der Waals surface area contributed by atoms with Crippen LogP contribution in [0.5, 0.6) is 0 Å². The highest BCUT2D eigenvalue weighted by atomic mass is 35.5. The Morgan fingerprint density at radius 2 is 2.11 bits per heavy atom. The zero-order chi connectivity index (χ0) is 24.7. The summed E-state index contributed by atoms with van der Waals surface area (Å²) in [5.74, 6) is 0.308. The van der Waals surface area contributed by atoms with Crippen molar-refractivity contribution < 1.29 is 4.92 Å². The minimum atomic E-state index is -0.341. The molecule has 10 heteroatoms. The zero-order valence-corrected chi connectivity index (χ0v) is 20.5. The van der Waals surface area contributed by atoms with E-state index in [0.29, 0.717) is 34.1 Å². The molecule has 0 amide bonds. The van der Waals surface area contributed by atoms with Gasteiger partial charge in [-0.15, -0.1) is 0 Å². The number of nitro benzene ring substituents is 1. The van der Waals surface area contributed by atoms with Crippen LogP contribution in [0.15, 0.2) is 48.8 Å². The number of nitrogens with zero attached hydrogens (tertiary/aromatic N) is 5. The van der Waals surface area contributed by atoms with Crippen LogP contribution in [0.3, 0.4) is 0 Å². The van der Waals surface area contributed by atoms with Crippen LogP contribution in [0.1, 0.15) is 12.0 Å². The topological polar surface area (TPSA) is 103 Å².